The molecule has 4 saturated heterocycles. The second-order valence-corrected chi connectivity index (χ2v) is 16.5. The minimum atomic E-state index is -3.40. The third-order valence-electron chi connectivity index (χ3n) is 12.8. The van der Waals surface area contributed by atoms with Gasteiger partial charge in [0.15, 0.2) is 17.5 Å². The first-order valence-corrected chi connectivity index (χ1v) is 19.8. The molecule has 2 aromatic carbocycles. The Hall–Kier alpha value is -5.52. The number of anilines is 1. The minimum Gasteiger partial charge on any atom is -0.508 e. The van der Waals surface area contributed by atoms with Crippen molar-refractivity contribution in [3.63, 3.8) is 0 Å². The van der Waals surface area contributed by atoms with Crippen LogP contribution >= 0.6 is 0 Å². The molecule has 12 nitrogen and oxygen atoms in total. The molecule has 0 saturated carbocycles. The summed E-state index contributed by atoms with van der Waals surface area (Å²) in [5, 5.41) is 23.6. The van der Waals surface area contributed by atoms with Gasteiger partial charge in [0.2, 0.25) is 0 Å². The van der Waals surface area contributed by atoms with E-state index in [9.17, 15) is 19.4 Å². The predicted octanol–water partition coefficient (Wildman–Crippen LogP) is 5.93. The summed E-state index contributed by atoms with van der Waals surface area (Å²) in [6, 6.07) is 3.19. The van der Waals surface area contributed by atoms with Gasteiger partial charge < -0.3 is 30.9 Å². The van der Waals surface area contributed by atoms with Crippen LogP contribution in [0.5, 0.6) is 11.8 Å². The molecule has 7 heterocycles. The zero-order chi connectivity index (χ0) is 41.0. The summed E-state index contributed by atoms with van der Waals surface area (Å²) in [6.45, 7) is 1.90. The number of alkyl halides is 2. The fraction of sp³-hybridized carbons (Fsp3) is 0.405. The molecule has 5 atom stereocenters. The molecule has 4 aromatic rings. The van der Waals surface area contributed by atoms with E-state index in [2.05, 4.69) is 30.1 Å². The zero-order valence-electron chi connectivity index (χ0n) is 31.6. The van der Waals surface area contributed by atoms with Crippen LogP contribution in [0.1, 0.15) is 44.9 Å². The molecule has 0 radical (unpaired) electrons. The highest BCUT2D eigenvalue weighted by Crippen LogP contribution is 2.49. The molecule has 6 aliphatic rings. The van der Waals surface area contributed by atoms with Crippen LogP contribution in [-0.2, 0) is 4.79 Å². The van der Waals surface area contributed by atoms with Crippen molar-refractivity contribution in [2.24, 2.45) is 10.7 Å². The molecule has 0 spiro atoms. The highest BCUT2D eigenvalue weighted by molar-refractivity contribution is 6.00. The predicted molar refractivity (Wildman–Crippen MR) is 208 cm³/mol. The minimum absolute atomic E-state index is 0.0866. The lowest BCUT2D eigenvalue weighted by Gasteiger charge is -2.36. The summed E-state index contributed by atoms with van der Waals surface area (Å²) in [5.41, 5.74) is 4.74. The number of aliphatic imine (C=N–C) groups is 1. The van der Waals surface area contributed by atoms with E-state index in [4.69, 9.17) is 15.5 Å². The number of carbonyl (C=O) groups is 1. The smallest absolute Gasteiger partial charge is 0.320 e. The lowest BCUT2D eigenvalue weighted by atomic mass is 9.88. The first kappa shape index (κ1) is 37.7. The number of nitrogens with zero attached hydrogens (tertiary/aromatic N) is 6. The number of hydrogen-bond donors (Lipinski definition) is 4. The number of rotatable bonds is 9. The number of piperazine rings is 1. The Kier molecular flexibility index (Phi) is 8.81. The van der Waals surface area contributed by atoms with Gasteiger partial charge >= 0.3 is 12.0 Å². The summed E-state index contributed by atoms with van der Waals surface area (Å²) >= 11 is 0. The number of aliphatic carboxylic acids is 1. The van der Waals surface area contributed by atoms with Crippen molar-refractivity contribution < 1.29 is 41.7 Å². The maximum absolute atomic E-state index is 17.0. The average Bonchev–Trinajstić information content (AvgIpc) is 3.98. The van der Waals surface area contributed by atoms with Gasteiger partial charge in [-0.3, -0.25) is 19.7 Å². The van der Waals surface area contributed by atoms with Crippen molar-refractivity contribution in [3.8, 4) is 23.0 Å². The first-order valence-electron chi connectivity index (χ1n) is 19.8. The fourth-order valence-electron chi connectivity index (χ4n) is 10.2. The Balaban J connectivity index is 0.990. The van der Waals surface area contributed by atoms with Crippen LogP contribution in [0.3, 0.4) is 0 Å². The maximum atomic E-state index is 17.0. The average molecular weight is 815 g/mol. The van der Waals surface area contributed by atoms with Gasteiger partial charge in [0, 0.05) is 61.0 Å². The number of ether oxygens (including phenoxy) is 1. The van der Waals surface area contributed by atoms with Crippen LogP contribution in [0, 0.1) is 17.5 Å². The number of allylic oxidation sites excluding steroid dienone is 2. The number of aromatic nitrogens is 3. The van der Waals surface area contributed by atoms with Gasteiger partial charge in [-0.25, -0.2) is 13.2 Å². The number of fused-ring (bicyclic) bond motifs is 6. The number of carboxylic acid groups (broad SMARTS) is 1. The Bertz CT molecular complexity index is 2590. The fourth-order valence-corrected chi connectivity index (χ4v) is 10.2. The number of nitrogens with two attached hydrogens (primary N) is 1. The molecule has 5 aliphatic heterocycles. The standard InChI is InChI=1S/C42H39F5N8O4/c43-28-5-2-20-10-25(56)13-26(32(20)34(28)44)36-35(45)37-27(16-50-36)38(54-17-23-3-4-24(18-54)51-23)53-40(52-37)59-19-41-7-1-9-55(41)31(6-8-41)21-12-30-33(42(46,47)14-21)22(15-49-30)11-29(48)39(57)58/h2,5,10,12-16,23-24,29,31,51,56H,1,3-4,6-9,11,17-19,48H2,(H,57,58)/t23-,24+,29-,31?,41?/m0/s1. The van der Waals surface area contributed by atoms with Crippen LogP contribution in [-0.4, -0.2) is 104 Å². The Morgan fingerprint density at radius 3 is 2.64 bits per heavy atom. The van der Waals surface area contributed by atoms with Crippen molar-refractivity contribution in [2.75, 3.05) is 31.1 Å². The lowest BCUT2D eigenvalue weighted by molar-refractivity contribution is -0.138. The normalized spacial score (nSPS) is 26.4. The van der Waals surface area contributed by atoms with Crippen molar-refractivity contribution in [1.82, 2.24) is 25.2 Å². The number of hydrogen-bond acceptors (Lipinski definition) is 11. The molecule has 2 unspecified atom stereocenters. The van der Waals surface area contributed by atoms with Crippen molar-refractivity contribution in [2.45, 2.75) is 80.6 Å². The second kappa shape index (κ2) is 13.8. The van der Waals surface area contributed by atoms with Gasteiger partial charge in [0.25, 0.3) is 5.92 Å². The number of nitrogens with one attached hydrogen (secondary N) is 1. The molecular formula is C42H39F5N8O4. The Morgan fingerprint density at radius 1 is 1.07 bits per heavy atom. The number of pyridine rings is 1. The van der Waals surface area contributed by atoms with Crippen LogP contribution in [0.15, 0.2) is 70.0 Å². The summed E-state index contributed by atoms with van der Waals surface area (Å²) < 4.78 is 84.9. The van der Waals surface area contributed by atoms with Crippen LogP contribution in [0.25, 0.3) is 32.9 Å². The molecule has 59 heavy (non-hydrogen) atoms. The molecular weight excluding hydrogens is 776 g/mol. The first-order chi connectivity index (χ1) is 28.3. The summed E-state index contributed by atoms with van der Waals surface area (Å²) in [4.78, 5) is 33.6. The van der Waals surface area contributed by atoms with Crippen molar-refractivity contribution in [1.29, 1.82) is 0 Å². The van der Waals surface area contributed by atoms with E-state index < -0.39 is 40.9 Å². The van der Waals surface area contributed by atoms with Gasteiger partial charge in [-0.1, -0.05) is 6.07 Å². The van der Waals surface area contributed by atoms with Gasteiger partial charge in [0.05, 0.1) is 22.2 Å². The summed E-state index contributed by atoms with van der Waals surface area (Å²) in [7, 11) is 0. The number of phenolic OH excluding ortho intramolecular Hbond substituents is 1. The molecule has 2 bridgehead atoms. The number of carboxylic acids is 1. The number of phenols is 1. The maximum Gasteiger partial charge on any atom is 0.320 e. The largest absolute Gasteiger partial charge is 0.508 e. The Labute approximate surface area is 334 Å². The molecule has 5 N–H and O–H groups in total. The lowest BCUT2D eigenvalue weighted by Crippen LogP contribution is -2.51. The van der Waals surface area contributed by atoms with E-state index in [-0.39, 0.29) is 87.3 Å². The molecule has 1 aliphatic carbocycles. The van der Waals surface area contributed by atoms with Gasteiger partial charge in [-0.05, 0) is 92.0 Å². The highest BCUT2D eigenvalue weighted by Gasteiger charge is 2.52. The van der Waals surface area contributed by atoms with E-state index in [1.807, 2.05) is 0 Å². The van der Waals surface area contributed by atoms with Gasteiger partial charge in [-0.2, -0.15) is 18.7 Å². The molecule has 17 heteroatoms. The van der Waals surface area contributed by atoms with Crippen molar-refractivity contribution >= 4 is 39.7 Å². The van der Waals surface area contributed by atoms with E-state index in [1.165, 1.54) is 24.5 Å². The van der Waals surface area contributed by atoms with Gasteiger partial charge in [-0.15, -0.1) is 0 Å². The molecule has 2 aromatic heterocycles. The number of halogens is 5. The number of aromatic hydroxyl groups is 1. The third-order valence-corrected chi connectivity index (χ3v) is 12.8. The quantitative estimate of drug-likeness (QED) is 0.148. The second-order valence-electron chi connectivity index (χ2n) is 16.5. The van der Waals surface area contributed by atoms with Crippen LogP contribution in [0.2, 0.25) is 0 Å². The molecule has 10 rings (SSSR count). The topological polar surface area (TPSA) is 162 Å². The summed E-state index contributed by atoms with van der Waals surface area (Å²) in [5.74, 6) is -7.84. The summed E-state index contributed by atoms with van der Waals surface area (Å²) in [6.07, 6.45) is 9.60. The molecule has 306 valence electrons. The van der Waals surface area contributed by atoms with E-state index in [1.54, 1.807) is 6.08 Å². The zero-order valence-corrected chi connectivity index (χ0v) is 31.6. The van der Waals surface area contributed by atoms with E-state index >= 15 is 17.6 Å². The highest BCUT2D eigenvalue weighted by atomic mass is 19.3. The van der Waals surface area contributed by atoms with Gasteiger partial charge in [0.1, 0.15) is 35.4 Å². The van der Waals surface area contributed by atoms with Crippen molar-refractivity contribution in [3.05, 3.63) is 82.5 Å². The molecule has 4 fully saturated rings. The third kappa shape index (κ3) is 6.23. The van der Waals surface area contributed by atoms with Crippen LogP contribution < -0.4 is 20.7 Å². The van der Waals surface area contributed by atoms with E-state index in [0.29, 0.717) is 55.7 Å². The van der Waals surface area contributed by atoms with E-state index in [0.717, 1.165) is 37.5 Å². The number of benzene rings is 2. The molecule has 0 amide bonds. The SMILES string of the molecule is N[C@@H](CC1=C2C(=CC(C3CCC4(COc5nc(N6C[C@H]7CC[C@@H](C6)N7)c6cnc(-c7cc(O)cc8ccc(F)c(F)c78)c(F)c6n5)CCCN34)=CC2(F)F)N=C1)C(=O)O. The van der Waals surface area contributed by atoms with Crippen LogP contribution in [0.4, 0.5) is 27.8 Å². The Morgan fingerprint density at radius 2 is 1.86 bits per heavy atom. The monoisotopic (exact) mass is 814 g/mol.